The van der Waals surface area contributed by atoms with Crippen LogP contribution >= 0.6 is 0 Å². The van der Waals surface area contributed by atoms with Crippen LogP contribution in [0.4, 0.5) is 11.4 Å². The first kappa shape index (κ1) is 15.6. The lowest BCUT2D eigenvalue weighted by Crippen LogP contribution is -2.28. The van der Waals surface area contributed by atoms with Crippen molar-refractivity contribution in [1.29, 1.82) is 0 Å². The zero-order valence-corrected chi connectivity index (χ0v) is 13.4. The van der Waals surface area contributed by atoms with Crippen molar-refractivity contribution in [2.75, 3.05) is 22.9 Å². The van der Waals surface area contributed by atoms with Crippen LogP contribution in [0.15, 0.2) is 48.5 Å². The van der Waals surface area contributed by atoms with Crippen LogP contribution < -0.4 is 9.80 Å². The van der Waals surface area contributed by atoms with Gasteiger partial charge in [0.2, 0.25) is 5.91 Å². The number of aliphatic hydroxyl groups is 1. The summed E-state index contributed by atoms with van der Waals surface area (Å²) in [5, 5.41) is 9.15. The summed E-state index contributed by atoms with van der Waals surface area (Å²) >= 11 is 0. The van der Waals surface area contributed by atoms with Crippen molar-refractivity contribution in [3.8, 4) is 0 Å². The minimum absolute atomic E-state index is 0.0698. The van der Waals surface area contributed by atoms with Crippen LogP contribution in [0.5, 0.6) is 0 Å². The fourth-order valence-electron chi connectivity index (χ4n) is 3.08. The Balaban J connectivity index is 1.89. The summed E-state index contributed by atoms with van der Waals surface area (Å²) in [5.41, 5.74) is 4.22. The molecule has 0 aromatic heterocycles. The fourth-order valence-corrected chi connectivity index (χ4v) is 3.08. The molecule has 1 heterocycles. The number of hydrogen-bond donors (Lipinski definition) is 1. The molecule has 0 spiro atoms. The molecule has 0 radical (unpaired) electrons. The molecule has 4 heteroatoms. The highest BCUT2D eigenvalue weighted by atomic mass is 16.3. The molecule has 2 aromatic carbocycles. The van der Waals surface area contributed by atoms with Crippen LogP contribution in [0.1, 0.15) is 24.5 Å². The van der Waals surface area contributed by atoms with E-state index in [2.05, 4.69) is 23.1 Å². The second-order valence-corrected chi connectivity index (χ2v) is 5.91. The first-order valence-electron chi connectivity index (χ1n) is 8.00. The highest BCUT2D eigenvalue weighted by Crippen LogP contribution is 2.33. The Bertz CT molecular complexity index is 682. The molecule has 0 bridgehead atoms. The van der Waals surface area contributed by atoms with Crippen molar-refractivity contribution in [2.24, 2.45) is 0 Å². The molecule has 0 saturated carbocycles. The van der Waals surface area contributed by atoms with E-state index in [0.717, 1.165) is 43.0 Å². The topological polar surface area (TPSA) is 43.8 Å². The molecule has 0 unspecified atom stereocenters. The van der Waals surface area contributed by atoms with Gasteiger partial charge in [0.15, 0.2) is 0 Å². The second-order valence-electron chi connectivity index (χ2n) is 5.91. The predicted molar refractivity (Wildman–Crippen MR) is 92.5 cm³/mol. The van der Waals surface area contributed by atoms with Crippen molar-refractivity contribution in [1.82, 2.24) is 0 Å². The van der Waals surface area contributed by atoms with Gasteiger partial charge in [0.1, 0.15) is 0 Å². The van der Waals surface area contributed by atoms with Gasteiger partial charge in [0.05, 0.1) is 18.0 Å². The third-order valence-electron chi connectivity index (χ3n) is 4.28. The van der Waals surface area contributed by atoms with E-state index >= 15 is 0 Å². The van der Waals surface area contributed by atoms with E-state index in [4.69, 9.17) is 5.11 Å². The van der Waals surface area contributed by atoms with Crippen LogP contribution in [0, 0.1) is 0 Å². The standard InChI is InChI=1S/C19H22N2O2/c1-15(23)21-12-4-11-20(18-5-2-3-6-19(18)21)13-16-7-9-17(14-22)10-8-16/h2-3,5-10,22H,4,11-14H2,1H3. The summed E-state index contributed by atoms with van der Waals surface area (Å²) in [7, 11) is 0. The van der Waals surface area contributed by atoms with Crippen LogP contribution in [0.2, 0.25) is 0 Å². The maximum Gasteiger partial charge on any atom is 0.223 e. The van der Waals surface area contributed by atoms with Gasteiger partial charge in [-0.25, -0.2) is 0 Å². The minimum Gasteiger partial charge on any atom is -0.392 e. The van der Waals surface area contributed by atoms with Crippen LogP contribution in [0.25, 0.3) is 0 Å². The Kier molecular flexibility index (Phi) is 4.63. The van der Waals surface area contributed by atoms with Gasteiger partial charge in [0, 0.05) is 26.6 Å². The van der Waals surface area contributed by atoms with Crippen molar-refractivity contribution < 1.29 is 9.90 Å². The average molecular weight is 310 g/mol. The highest BCUT2D eigenvalue weighted by molar-refractivity contribution is 5.95. The maximum absolute atomic E-state index is 11.9. The molecule has 2 aromatic rings. The number of anilines is 2. The lowest BCUT2D eigenvalue weighted by Gasteiger charge is -2.26. The zero-order valence-electron chi connectivity index (χ0n) is 13.4. The van der Waals surface area contributed by atoms with E-state index < -0.39 is 0 Å². The van der Waals surface area contributed by atoms with Crippen molar-refractivity contribution in [2.45, 2.75) is 26.5 Å². The lowest BCUT2D eigenvalue weighted by molar-refractivity contribution is -0.116. The normalized spacial score (nSPS) is 14.3. The Morgan fingerprint density at radius 2 is 1.65 bits per heavy atom. The van der Waals surface area contributed by atoms with Gasteiger partial charge >= 0.3 is 0 Å². The van der Waals surface area contributed by atoms with E-state index in [1.54, 1.807) is 6.92 Å². The number of rotatable bonds is 3. The van der Waals surface area contributed by atoms with E-state index in [0.29, 0.717) is 0 Å². The van der Waals surface area contributed by atoms with Crippen LogP contribution in [0.3, 0.4) is 0 Å². The molecule has 23 heavy (non-hydrogen) atoms. The smallest absolute Gasteiger partial charge is 0.223 e. The van der Waals surface area contributed by atoms with Crippen molar-refractivity contribution >= 4 is 17.3 Å². The lowest BCUT2D eigenvalue weighted by atomic mass is 10.1. The molecule has 0 aliphatic carbocycles. The number of benzene rings is 2. The van der Waals surface area contributed by atoms with Gasteiger partial charge in [-0.05, 0) is 29.7 Å². The summed E-state index contributed by atoms with van der Waals surface area (Å²) in [6.07, 6.45) is 0.947. The SMILES string of the molecule is CC(=O)N1CCCN(Cc2ccc(CO)cc2)c2ccccc21. The first-order chi connectivity index (χ1) is 11.2. The molecular formula is C19H22N2O2. The fraction of sp³-hybridized carbons (Fsp3) is 0.316. The summed E-state index contributed by atoms with van der Waals surface area (Å²) in [6, 6.07) is 16.1. The summed E-state index contributed by atoms with van der Waals surface area (Å²) in [6.45, 7) is 4.17. The monoisotopic (exact) mass is 310 g/mol. The molecule has 1 N–H and O–H groups in total. The number of fused-ring (bicyclic) bond motifs is 1. The van der Waals surface area contributed by atoms with Gasteiger partial charge in [0.25, 0.3) is 0 Å². The quantitative estimate of drug-likeness (QED) is 0.948. The molecular weight excluding hydrogens is 288 g/mol. The van der Waals surface area contributed by atoms with Gasteiger partial charge in [-0.3, -0.25) is 4.79 Å². The second kappa shape index (κ2) is 6.84. The third kappa shape index (κ3) is 3.37. The minimum atomic E-state index is 0.0698. The van der Waals surface area contributed by atoms with Crippen molar-refractivity contribution in [3.05, 3.63) is 59.7 Å². The van der Waals surface area contributed by atoms with Crippen LogP contribution in [-0.2, 0) is 17.9 Å². The summed E-state index contributed by atoms with van der Waals surface area (Å²) < 4.78 is 0. The van der Waals surface area contributed by atoms with Gasteiger partial charge in [-0.1, -0.05) is 36.4 Å². The summed E-state index contributed by atoms with van der Waals surface area (Å²) in [5.74, 6) is 0.0894. The van der Waals surface area contributed by atoms with E-state index in [1.807, 2.05) is 35.2 Å². The predicted octanol–water partition coefficient (Wildman–Crippen LogP) is 2.94. The largest absolute Gasteiger partial charge is 0.392 e. The van der Waals surface area contributed by atoms with E-state index in [9.17, 15) is 4.79 Å². The number of para-hydroxylation sites is 2. The Morgan fingerprint density at radius 3 is 2.30 bits per heavy atom. The molecule has 1 aliphatic rings. The number of aliphatic hydroxyl groups excluding tert-OH is 1. The van der Waals surface area contributed by atoms with E-state index in [1.165, 1.54) is 5.56 Å². The first-order valence-corrected chi connectivity index (χ1v) is 8.00. The molecule has 4 nitrogen and oxygen atoms in total. The van der Waals surface area contributed by atoms with Gasteiger partial charge in [-0.2, -0.15) is 0 Å². The molecule has 1 amide bonds. The van der Waals surface area contributed by atoms with Crippen LogP contribution in [-0.4, -0.2) is 24.1 Å². The molecule has 1 aliphatic heterocycles. The number of nitrogens with zero attached hydrogens (tertiary/aromatic N) is 2. The summed E-state index contributed by atoms with van der Waals surface area (Å²) in [4.78, 5) is 16.1. The van der Waals surface area contributed by atoms with Gasteiger partial charge < -0.3 is 14.9 Å². The molecule has 3 rings (SSSR count). The molecule has 0 saturated heterocycles. The number of hydrogen-bond acceptors (Lipinski definition) is 3. The Hall–Kier alpha value is -2.33. The third-order valence-corrected chi connectivity index (χ3v) is 4.28. The highest BCUT2D eigenvalue weighted by Gasteiger charge is 2.22. The Morgan fingerprint density at radius 1 is 1.00 bits per heavy atom. The molecule has 0 atom stereocenters. The Labute approximate surface area is 137 Å². The number of carbonyl (C=O) groups excluding carboxylic acids is 1. The number of amides is 1. The maximum atomic E-state index is 11.9. The van der Waals surface area contributed by atoms with Gasteiger partial charge in [-0.15, -0.1) is 0 Å². The number of carbonyl (C=O) groups is 1. The van der Waals surface area contributed by atoms with Crippen molar-refractivity contribution in [3.63, 3.8) is 0 Å². The van der Waals surface area contributed by atoms with E-state index in [-0.39, 0.29) is 12.5 Å². The average Bonchev–Trinajstić information content (AvgIpc) is 2.76. The molecule has 120 valence electrons. The zero-order chi connectivity index (χ0) is 16.2. The molecule has 0 fully saturated rings.